The highest BCUT2D eigenvalue weighted by atomic mass is 16.4. The second kappa shape index (κ2) is 6.78. The number of carboxylic acids is 1. The van der Waals surface area contributed by atoms with Gasteiger partial charge < -0.3 is 21.1 Å². The molecule has 1 saturated carbocycles. The standard InChI is InChI=1S/C14H23N3O4/c15-12(18)11-6-1-2-7-17(11)14(21)16-10-5-3-4-9(8-10)13(19)20/h9-11H,1-8H2,(H2,15,18)(H,16,21)(H,19,20). The third kappa shape index (κ3) is 3.86. The SMILES string of the molecule is NC(=O)C1CCCCN1C(=O)NC1CCCC(C(=O)O)C1. The van der Waals surface area contributed by atoms with E-state index < -0.39 is 23.8 Å². The minimum Gasteiger partial charge on any atom is -0.481 e. The van der Waals surface area contributed by atoms with Crippen molar-refractivity contribution in [3.8, 4) is 0 Å². The third-order valence-corrected chi connectivity index (χ3v) is 4.44. The molecule has 0 spiro atoms. The van der Waals surface area contributed by atoms with Crippen molar-refractivity contribution in [1.29, 1.82) is 0 Å². The van der Waals surface area contributed by atoms with Crippen LogP contribution in [0, 0.1) is 5.92 Å². The molecular weight excluding hydrogens is 274 g/mol. The Hall–Kier alpha value is -1.79. The Morgan fingerprint density at radius 3 is 2.52 bits per heavy atom. The lowest BCUT2D eigenvalue weighted by atomic mass is 9.86. The number of nitrogens with one attached hydrogen (secondary N) is 1. The largest absolute Gasteiger partial charge is 0.481 e. The summed E-state index contributed by atoms with van der Waals surface area (Å²) in [5.74, 6) is -1.67. The molecule has 118 valence electrons. The fourth-order valence-corrected chi connectivity index (χ4v) is 3.27. The summed E-state index contributed by atoms with van der Waals surface area (Å²) in [6.07, 6.45) is 5.05. The van der Waals surface area contributed by atoms with Gasteiger partial charge in [-0.05, 0) is 38.5 Å². The Morgan fingerprint density at radius 2 is 1.86 bits per heavy atom. The topological polar surface area (TPSA) is 113 Å². The minimum absolute atomic E-state index is 0.136. The van der Waals surface area contributed by atoms with E-state index in [9.17, 15) is 14.4 Å². The number of urea groups is 1. The van der Waals surface area contributed by atoms with Gasteiger partial charge in [-0.2, -0.15) is 0 Å². The molecule has 0 radical (unpaired) electrons. The molecule has 1 heterocycles. The Balaban J connectivity index is 1.93. The average Bonchev–Trinajstić information content (AvgIpc) is 2.47. The number of primary amides is 1. The highest BCUT2D eigenvalue weighted by Gasteiger charge is 2.33. The van der Waals surface area contributed by atoms with Gasteiger partial charge in [-0.15, -0.1) is 0 Å². The molecule has 21 heavy (non-hydrogen) atoms. The summed E-state index contributed by atoms with van der Waals surface area (Å²) >= 11 is 0. The van der Waals surface area contributed by atoms with Crippen molar-refractivity contribution in [2.75, 3.05) is 6.54 Å². The van der Waals surface area contributed by atoms with E-state index in [0.717, 1.165) is 25.7 Å². The number of piperidine rings is 1. The number of rotatable bonds is 3. The molecule has 2 fully saturated rings. The van der Waals surface area contributed by atoms with Crippen molar-refractivity contribution >= 4 is 17.9 Å². The fraction of sp³-hybridized carbons (Fsp3) is 0.786. The van der Waals surface area contributed by atoms with Gasteiger partial charge in [0, 0.05) is 12.6 Å². The number of nitrogens with two attached hydrogens (primary N) is 1. The summed E-state index contributed by atoms with van der Waals surface area (Å²) in [5.41, 5.74) is 5.35. The number of likely N-dealkylation sites (tertiary alicyclic amines) is 1. The summed E-state index contributed by atoms with van der Waals surface area (Å²) < 4.78 is 0. The molecule has 7 nitrogen and oxygen atoms in total. The van der Waals surface area contributed by atoms with E-state index in [2.05, 4.69) is 5.32 Å². The molecule has 0 aromatic heterocycles. The van der Waals surface area contributed by atoms with Crippen molar-refractivity contribution in [3.05, 3.63) is 0 Å². The van der Waals surface area contributed by atoms with Gasteiger partial charge >= 0.3 is 12.0 Å². The second-order valence-electron chi connectivity index (χ2n) is 5.96. The monoisotopic (exact) mass is 297 g/mol. The van der Waals surface area contributed by atoms with Crippen LogP contribution in [0.1, 0.15) is 44.9 Å². The van der Waals surface area contributed by atoms with Crippen LogP contribution in [0.2, 0.25) is 0 Å². The van der Waals surface area contributed by atoms with Gasteiger partial charge in [0.2, 0.25) is 5.91 Å². The van der Waals surface area contributed by atoms with Crippen molar-refractivity contribution in [3.63, 3.8) is 0 Å². The predicted molar refractivity (Wildman–Crippen MR) is 75.5 cm³/mol. The molecule has 3 unspecified atom stereocenters. The van der Waals surface area contributed by atoms with Crippen LogP contribution < -0.4 is 11.1 Å². The van der Waals surface area contributed by atoms with Gasteiger partial charge in [-0.25, -0.2) is 4.79 Å². The Kier molecular flexibility index (Phi) is 5.03. The molecule has 0 aromatic carbocycles. The molecule has 2 aliphatic rings. The molecule has 0 aromatic rings. The van der Waals surface area contributed by atoms with Crippen LogP contribution in [0.3, 0.4) is 0 Å². The maximum atomic E-state index is 12.3. The van der Waals surface area contributed by atoms with Gasteiger partial charge in [-0.3, -0.25) is 9.59 Å². The minimum atomic E-state index is -0.804. The van der Waals surface area contributed by atoms with Crippen LogP contribution in [-0.2, 0) is 9.59 Å². The summed E-state index contributed by atoms with van der Waals surface area (Å²) in [7, 11) is 0. The molecule has 4 N–H and O–H groups in total. The highest BCUT2D eigenvalue weighted by molar-refractivity contribution is 5.86. The Morgan fingerprint density at radius 1 is 1.10 bits per heavy atom. The lowest BCUT2D eigenvalue weighted by molar-refractivity contribution is -0.143. The van der Waals surface area contributed by atoms with Gasteiger partial charge in [0.1, 0.15) is 6.04 Å². The van der Waals surface area contributed by atoms with E-state index in [1.807, 2.05) is 0 Å². The number of hydrogen-bond acceptors (Lipinski definition) is 3. The summed E-state index contributed by atoms with van der Waals surface area (Å²) in [5, 5.41) is 11.9. The summed E-state index contributed by atoms with van der Waals surface area (Å²) in [6, 6.07) is -0.977. The quantitative estimate of drug-likeness (QED) is 0.711. The van der Waals surface area contributed by atoms with Crippen molar-refractivity contribution in [2.24, 2.45) is 11.7 Å². The molecule has 7 heteroatoms. The first kappa shape index (κ1) is 15.6. The number of carbonyl (C=O) groups is 3. The molecule has 3 amide bonds. The number of nitrogens with zero attached hydrogens (tertiary/aromatic N) is 1. The van der Waals surface area contributed by atoms with Crippen LogP contribution in [0.5, 0.6) is 0 Å². The molecule has 1 aliphatic heterocycles. The molecular formula is C14H23N3O4. The predicted octanol–water partition coefficient (Wildman–Crippen LogP) is 0.679. The van der Waals surface area contributed by atoms with Crippen molar-refractivity contribution in [1.82, 2.24) is 10.2 Å². The number of carbonyl (C=O) groups excluding carboxylic acids is 2. The zero-order chi connectivity index (χ0) is 15.4. The molecule has 1 aliphatic carbocycles. The maximum absolute atomic E-state index is 12.3. The molecule has 1 saturated heterocycles. The number of hydrogen-bond donors (Lipinski definition) is 3. The van der Waals surface area contributed by atoms with Crippen molar-refractivity contribution < 1.29 is 19.5 Å². The van der Waals surface area contributed by atoms with Crippen LogP contribution >= 0.6 is 0 Å². The lowest BCUT2D eigenvalue weighted by Crippen LogP contribution is -2.55. The second-order valence-corrected chi connectivity index (χ2v) is 5.96. The van der Waals surface area contributed by atoms with E-state index in [1.165, 1.54) is 4.90 Å². The highest BCUT2D eigenvalue weighted by Crippen LogP contribution is 2.25. The smallest absolute Gasteiger partial charge is 0.318 e. The number of amides is 3. The summed E-state index contributed by atoms with van der Waals surface area (Å²) in [4.78, 5) is 36.3. The van der Waals surface area contributed by atoms with Gasteiger partial charge in [0.15, 0.2) is 0 Å². The van der Waals surface area contributed by atoms with Gasteiger partial charge in [0.05, 0.1) is 5.92 Å². The molecule has 2 rings (SSSR count). The van der Waals surface area contributed by atoms with E-state index in [0.29, 0.717) is 25.8 Å². The molecule has 3 atom stereocenters. The first-order valence-electron chi connectivity index (χ1n) is 7.58. The molecule has 0 bridgehead atoms. The van der Waals surface area contributed by atoms with Crippen LogP contribution in [0.15, 0.2) is 0 Å². The van der Waals surface area contributed by atoms with Crippen LogP contribution in [0.25, 0.3) is 0 Å². The Bertz CT molecular complexity index is 426. The average molecular weight is 297 g/mol. The van der Waals surface area contributed by atoms with Crippen LogP contribution in [-0.4, -0.2) is 46.5 Å². The first-order valence-corrected chi connectivity index (χ1v) is 7.58. The zero-order valence-electron chi connectivity index (χ0n) is 12.1. The maximum Gasteiger partial charge on any atom is 0.318 e. The van der Waals surface area contributed by atoms with E-state index in [-0.39, 0.29) is 12.1 Å². The van der Waals surface area contributed by atoms with Crippen molar-refractivity contribution in [2.45, 2.75) is 57.0 Å². The van der Waals surface area contributed by atoms with E-state index in [4.69, 9.17) is 10.8 Å². The Labute approximate surface area is 123 Å². The van der Waals surface area contributed by atoms with E-state index >= 15 is 0 Å². The van der Waals surface area contributed by atoms with E-state index in [1.54, 1.807) is 0 Å². The zero-order valence-corrected chi connectivity index (χ0v) is 12.1. The van der Waals surface area contributed by atoms with Crippen LogP contribution in [0.4, 0.5) is 4.79 Å². The van der Waals surface area contributed by atoms with Gasteiger partial charge in [-0.1, -0.05) is 6.42 Å². The van der Waals surface area contributed by atoms with Gasteiger partial charge in [0.25, 0.3) is 0 Å². The normalized spacial score (nSPS) is 29.7. The number of aliphatic carboxylic acids is 1. The third-order valence-electron chi connectivity index (χ3n) is 4.44. The first-order chi connectivity index (χ1) is 9.99. The number of carboxylic acid groups (broad SMARTS) is 1. The summed E-state index contributed by atoms with van der Waals surface area (Å²) in [6.45, 7) is 0.522. The fourth-order valence-electron chi connectivity index (χ4n) is 3.27. The lowest BCUT2D eigenvalue weighted by Gasteiger charge is -2.36.